The van der Waals surface area contributed by atoms with Gasteiger partial charge in [-0.1, -0.05) is 6.07 Å². The van der Waals surface area contributed by atoms with Crippen molar-refractivity contribution < 1.29 is 14.3 Å². The average Bonchev–Trinajstić information content (AvgIpc) is 2.46. The minimum absolute atomic E-state index is 0.0116. The lowest BCUT2D eigenvalue weighted by Gasteiger charge is -2.22. The van der Waals surface area contributed by atoms with Crippen LogP contribution in [-0.4, -0.2) is 32.8 Å². The highest BCUT2D eigenvalue weighted by Crippen LogP contribution is 2.30. The van der Waals surface area contributed by atoms with Crippen molar-refractivity contribution in [2.45, 2.75) is 25.3 Å². The van der Waals surface area contributed by atoms with Crippen LogP contribution in [0, 0.1) is 0 Å². The first-order valence-corrected chi connectivity index (χ1v) is 6.97. The van der Waals surface area contributed by atoms with Crippen molar-refractivity contribution in [3.8, 4) is 5.75 Å². The van der Waals surface area contributed by atoms with E-state index in [1.807, 2.05) is 18.2 Å². The van der Waals surface area contributed by atoms with Crippen molar-refractivity contribution in [2.75, 3.05) is 26.9 Å². The monoisotopic (exact) mass is 278 g/mol. The topological polar surface area (TPSA) is 73.6 Å². The van der Waals surface area contributed by atoms with E-state index in [0.29, 0.717) is 18.9 Å². The summed E-state index contributed by atoms with van der Waals surface area (Å²) in [5.41, 5.74) is 8.54. The molecule has 0 bridgehead atoms. The second-order valence-electron chi connectivity index (χ2n) is 4.99. The van der Waals surface area contributed by atoms with Gasteiger partial charge in [0.2, 0.25) is 0 Å². The minimum atomic E-state index is -0.149. The minimum Gasteiger partial charge on any atom is -0.484 e. The number of methoxy groups -OCH3 is 1. The first-order chi connectivity index (χ1) is 9.70. The molecule has 20 heavy (non-hydrogen) atoms. The number of rotatable bonds is 6. The summed E-state index contributed by atoms with van der Waals surface area (Å²) in [5, 5.41) is 2.71. The van der Waals surface area contributed by atoms with E-state index < -0.39 is 0 Å². The molecule has 1 aliphatic rings. The van der Waals surface area contributed by atoms with Crippen LogP contribution in [0.2, 0.25) is 0 Å². The summed E-state index contributed by atoms with van der Waals surface area (Å²) in [6.45, 7) is 1.00. The first-order valence-electron chi connectivity index (χ1n) is 6.97. The van der Waals surface area contributed by atoms with E-state index in [-0.39, 0.29) is 18.6 Å². The summed E-state index contributed by atoms with van der Waals surface area (Å²) in [5.74, 6) is 0.548. The Bertz CT molecular complexity index is 462. The summed E-state index contributed by atoms with van der Waals surface area (Å²) >= 11 is 0. The van der Waals surface area contributed by atoms with Crippen molar-refractivity contribution in [3.63, 3.8) is 0 Å². The molecule has 0 heterocycles. The smallest absolute Gasteiger partial charge is 0.258 e. The summed E-state index contributed by atoms with van der Waals surface area (Å²) in [6.07, 6.45) is 3.21. The largest absolute Gasteiger partial charge is 0.484 e. The van der Waals surface area contributed by atoms with Crippen LogP contribution in [0.15, 0.2) is 18.2 Å². The number of hydrogen-bond acceptors (Lipinski definition) is 4. The first kappa shape index (κ1) is 14.8. The highest BCUT2D eigenvalue weighted by atomic mass is 16.5. The molecule has 1 atom stereocenters. The van der Waals surface area contributed by atoms with Gasteiger partial charge in [0.1, 0.15) is 5.75 Å². The molecule has 1 aromatic rings. The highest BCUT2D eigenvalue weighted by Gasteiger charge is 2.17. The average molecular weight is 278 g/mol. The number of carbonyl (C=O) groups is 1. The maximum Gasteiger partial charge on any atom is 0.258 e. The van der Waals surface area contributed by atoms with E-state index in [2.05, 4.69) is 5.32 Å². The van der Waals surface area contributed by atoms with Gasteiger partial charge in [-0.05, 0) is 42.5 Å². The van der Waals surface area contributed by atoms with E-state index >= 15 is 0 Å². The third-order valence-corrected chi connectivity index (χ3v) is 3.48. The molecule has 0 spiro atoms. The molecule has 0 radical (unpaired) electrons. The van der Waals surface area contributed by atoms with Crippen LogP contribution >= 0.6 is 0 Å². The molecule has 0 unspecified atom stereocenters. The van der Waals surface area contributed by atoms with Gasteiger partial charge in [0.25, 0.3) is 5.91 Å². The zero-order valence-corrected chi connectivity index (χ0v) is 11.9. The predicted octanol–water partition coefficient (Wildman–Crippen LogP) is 1.16. The number of nitrogens with two attached hydrogens (primary N) is 1. The van der Waals surface area contributed by atoms with E-state index in [1.54, 1.807) is 7.11 Å². The molecule has 0 aliphatic heterocycles. The Hall–Kier alpha value is -1.59. The van der Waals surface area contributed by atoms with E-state index in [4.69, 9.17) is 15.2 Å². The Morgan fingerprint density at radius 1 is 1.50 bits per heavy atom. The molecule has 5 heteroatoms. The lowest BCUT2D eigenvalue weighted by atomic mass is 9.88. The second-order valence-corrected chi connectivity index (χ2v) is 4.99. The van der Waals surface area contributed by atoms with Crippen molar-refractivity contribution >= 4 is 5.91 Å². The number of nitrogens with one attached hydrogen (secondary N) is 1. The Kier molecular flexibility index (Phi) is 5.38. The molecule has 0 aromatic heterocycles. The molecule has 0 fully saturated rings. The maximum atomic E-state index is 11.5. The van der Waals surface area contributed by atoms with Gasteiger partial charge in [-0.2, -0.15) is 0 Å². The molecule has 0 saturated carbocycles. The normalized spacial score (nSPS) is 17.4. The summed E-state index contributed by atoms with van der Waals surface area (Å²) in [7, 11) is 1.60. The SMILES string of the molecule is COCCNC(=O)COc1ccc2c(c1)[C@@H](N)CCC2. The van der Waals surface area contributed by atoms with Crippen molar-refractivity contribution in [3.05, 3.63) is 29.3 Å². The number of carbonyl (C=O) groups excluding carboxylic acids is 1. The molecule has 5 nitrogen and oxygen atoms in total. The third kappa shape index (κ3) is 3.95. The quantitative estimate of drug-likeness (QED) is 0.766. The van der Waals surface area contributed by atoms with Gasteiger partial charge in [0, 0.05) is 19.7 Å². The molecule has 0 saturated heterocycles. The lowest BCUT2D eigenvalue weighted by molar-refractivity contribution is -0.123. The van der Waals surface area contributed by atoms with Gasteiger partial charge in [-0.25, -0.2) is 0 Å². The van der Waals surface area contributed by atoms with E-state index in [0.717, 1.165) is 24.8 Å². The van der Waals surface area contributed by atoms with Gasteiger partial charge >= 0.3 is 0 Å². The number of benzene rings is 1. The molecule has 1 aromatic carbocycles. The van der Waals surface area contributed by atoms with Gasteiger partial charge < -0.3 is 20.5 Å². The van der Waals surface area contributed by atoms with Crippen LogP contribution in [0.1, 0.15) is 30.0 Å². The van der Waals surface area contributed by atoms with Crippen LogP contribution in [0.4, 0.5) is 0 Å². The fraction of sp³-hybridized carbons (Fsp3) is 0.533. The zero-order valence-electron chi connectivity index (χ0n) is 11.9. The van der Waals surface area contributed by atoms with E-state index in [9.17, 15) is 4.79 Å². The summed E-state index contributed by atoms with van der Waals surface area (Å²) in [6, 6.07) is 5.99. The Balaban J connectivity index is 1.87. The fourth-order valence-electron chi connectivity index (χ4n) is 2.40. The van der Waals surface area contributed by atoms with Crippen molar-refractivity contribution in [1.82, 2.24) is 5.32 Å². The van der Waals surface area contributed by atoms with Gasteiger partial charge in [0.05, 0.1) is 6.61 Å². The molecular weight excluding hydrogens is 256 g/mol. The lowest BCUT2D eigenvalue weighted by Crippen LogP contribution is -2.31. The Morgan fingerprint density at radius 2 is 2.35 bits per heavy atom. The fourth-order valence-corrected chi connectivity index (χ4v) is 2.40. The zero-order chi connectivity index (χ0) is 14.4. The van der Waals surface area contributed by atoms with Crippen molar-refractivity contribution in [2.24, 2.45) is 5.73 Å². The standard InChI is InChI=1S/C15H22N2O3/c1-19-8-7-17-15(18)10-20-12-6-5-11-3-2-4-14(16)13(11)9-12/h5-6,9,14H,2-4,7-8,10,16H2,1H3,(H,17,18)/t14-/m0/s1. The van der Waals surface area contributed by atoms with Crippen LogP contribution in [-0.2, 0) is 16.0 Å². The van der Waals surface area contributed by atoms with E-state index in [1.165, 1.54) is 5.56 Å². The van der Waals surface area contributed by atoms with Crippen LogP contribution in [0.5, 0.6) is 5.75 Å². The van der Waals surface area contributed by atoms with Crippen molar-refractivity contribution in [1.29, 1.82) is 0 Å². The highest BCUT2D eigenvalue weighted by molar-refractivity contribution is 5.77. The van der Waals surface area contributed by atoms with Gasteiger partial charge in [-0.15, -0.1) is 0 Å². The Morgan fingerprint density at radius 3 is 3.15 bits per heavy atom. The molecule has 1 amide bonds. The third-order valence-electron chi connectivity index (χ3n) is 3.48. The van der Waals surface area contributed by atoms with Crippen LogP contribution < -0.4 is 15.8 Å². The predicted molar refractivity (Wildman–Crippen MR) is 76.7 cm³/mol. The molecule has 1 aliphatic carbocycles. The molecular formula is C15H22N2O3. The number of ether oxygens (including phenoxy) is 2. The molecule has 2 rings (SSSR count). The maximum absolute atomic E-state index is 11.5. The number of aryl methyl sites for hydroxylation is 1. The second kappa shape index (κ2) is 7.26. The van der Waals surface area contributed by atoms with Gasteiger partial charge in [0.15, 0.2) is 6.61 Å². The number of hydrogen-bond donors (Lipinski definition) is 2. The van der Waals surface area contributed by atoms with Gasteiger partial charge in [-0.3, -0.25) is 4.79 Å². The molecule has 110 valence electrons. The molecule has 3 N–H and O–H groups in total. The van der Waals surface area contributed by atoms with Crippen LogP contribution in [0.25, 0.3) is 0 Å². The number of fused-ring (bicyclic) bond motifs is 1. The summed E-state index contributed by atoms with van der Waals surface area (Å²) < 4.78 is 10.4. The Labute approximate surface area is 119 Å². The number of amides is 1. The summed E-state index contributed by atoms with van der Waals surface area (Å²) in [4.78, 5) is 11.5. The van der Waals surface area contributed by atoms with Crippen LogP contribution in [0.3, 0.4) is 0 Å².